The maximum Gasteiger partial charge on any atom is 0.225 e. The molecule has 3 rings (SSSR count). The fourth-order valence-electron chi connectivity index (χ4n) is 4.06. The van der Waals surface area contributed by atoms with Crippen molar-refractivity contribution in [2.45, 2.75) is 83.2 Å². The van der Waals surface area contributed by atoms with Gasteiger partial charge in [-0.05, 0) is 25.7 Å². The number of rotatable bonds is 7. The van der Waals surface area contributed by atoms with Gasteiger partial charge in [-0.3, -0.25) is 9.59 Å². The first kappa shape index (κ1) is 17.9. The van der Waals surface area contributed by atoms with E-state index in [1.165, 1.54) is 12.8 Å². The molecule has 1 saturated heterocycles. The van der Waals surface area contributed by atoms with Crippen LogP contribution in [0.25, 0.3) is 0 Å². The Kier molecular flexibility index (Phi) is 5.71. The smallest absolute Gasteiger partial charge is 0.225 e. The van der Waals surface area contributed by atoms with E-state index in [2.05, 4.69) is 21.9 Å². The van der Waals surface area contributed by atoms with E-state index >= 15 is 0 Å². The van der Waals surface area contributed by atoms with Crippen LogP contribution in [0.3, 0.4) is 0 Å². The Labute approximate surface area is 149 Å². The number of hydrogen-bond donors (Lipinski definition) is 1. The second kappa shape index (κ2) is 7.97. The van der Waals surface area contributed by atoms with Crippen LogP contribution in [0.5, 0.6) is 0 Å². The number of aryl methyl sites for hydroxylation is 1. The summed E-state index contributed by atoms with van der Waals surface area (Å²) < 4.78 is 1.94. The van der Waals surface area contributed by atoms with Gasteiger partial charge in [0.05, 0.1) is 6.42 Å². The van der Waals surface area contributed by atoms with Crippen molar-refractivity contribution in [3.63, 3.8) is 0 Å². The third-order valence-electron chi connectivity index (χ3n) is 5.37. The lowest BCUT2D eigenvalue weighted by Crippen LogP contribution is -2.45. The van der Waals surface area contributed by atoms with Crippen LogP contribution in [0.4, 0.5) is 0 Å². The number of nitrogens with two attached hydrogens (primary N) is 1. The summed E-state index contributed by atoms with van der Waals surface area (Å²) in [4.78, 5) is 30.3. The van der Waals surface area contributed by atoms with Gasteiger partial charge < -0.3 is 10.6 Å². The number of hydrogen-bond acceptors (Lipinski definition) is 4. The molecule has 2 aliphatic rings. The minimum atomic E-state index is -0.411. The molecule has 1 aliphatic heterocycles. The normalized spacial score (nSPS) is 21.9. The molecule has 0 spiro atoms. The lowest BCUT2D eigenvalue weighted by molar-refractivity contribution is -0.136. The number of likely N-dealkylation sites (tertiary alicyclic amines) is 1. The number of nitrogens with zero attached hydrogens (tertiary/aromatic N) is 4. The van der Waals surface area contributed by atoms with E-state index < -0.39 is 5.91 Å². The van der Waals surface area contributed by atoms with Crippen LogP contribution in [-0.4, -0.2) is 44.1 Å². The molecule has 2 amide bonds. The van der Waals surface area contributed by atoms with Crippen LogP contribution in [0.1, 0.15) is 75.9 Å². The van der Waals surface area contributed by atoms with Gasteiger partial charge in [0.2, 0.25) is 11.8 Å². The van der Waals surface area contributed by atoms with Crippen LogP contribution >= 0.6 is 0 Å². The summed E-state index contributed by atoms with van der Waals surface area (Å²) in [5.74, 6) is 1.48. The molecule has 138 valence electrons. The van der Waals surface area contributed by atoms with Gasteiger partial charge >= 0.3 is 0 Å². The van der Waals surface area contributed by atoms with Crippen LogP contribution in [0.15, 0.2) is 0 Å². The number of piperidine rings is 1. The SMILES string of the molecule is CCCCn1nc(CC(N)=O)nc1C1CCC(=O)N(C2CCCC2)C1. The highest BCUT2D eigenvalue weighted by molar-refractivity contribution is 5.77. The third-order valence-corrected chi connectivity index (χ3v) is 5.37. The Morgan fingerprint density at radius 2 is 2.04 bits per heavy atom. The topological polar surface area (TPSA) is 94.1 Å². The van der Waals surface area contributed by atoms with E-state index in [4.69, 9.17) is 5.73 Å². The minimum absolute atomic E-state index is 0.0735. The molecule has 1 aliphatic carbocycles. The quantitative estimate of drug-likeness (QED) is 0.813. The first-order valence-corrected chi connectivity index (χ1v) is 9.60. The fraction of sp³-hybridized carbons (Fsp3) is 0.778. The summed E-state index contributed by atoms with van der Waals surface area (Å²) in [5.41, 5.74) is 5.30. The zero-order chi connectivity index (χ0) is 17.8. The van der Waals surface area contributed by atoms with Crippen molar-refractivity contribution in [3.8, 4) is 0 Å². The molecule has 1 saturated carbocycles. The molecule has 0 radical (unpaired) electrons. The van der Waals surface area contributed by atoms with Gasteiger partial charge in [-0.1, -0.05) is 26.2 Å². The van der Waals surface area contributed by atoms with Crippen molar-refractivity contribution in [1.29, 1.82) is 0 Å². The minimum Gasteiger partial charge on any atom is -0.369 e. The van der Waals surface area contributed by atoms with Gasteiger partial charge in [-0.15, -0.1) is 0 Å². The Hall–Kier alpha value is -1.92. The molecule has 1 aromatic heterocycles. The van der Waals surface area contributed by atoms with E-state index in [0.717, 1.165) is 51.0 Å². The fourth-order valence-corrected chi connectivity index (χ4v) is 4.06. The van der Waals surface area contributed by atoms with Gasteiger partial charge in [0.1, 0.15) is 5.82 Å². The average Bonchev–Trinajstić information content (AvgIpc) is 3.23. The highest BCUT2D eigenvalue weighted by Crippen LogP contribution is 2.32. The standard InChI is InChI=1S/C18H29N5O2/c1-2-3-10-23-18(20-16(21-23)11-15(19)24)13-8-9-17(25)22(12-13)14-6-4-5-7-14/h13-14H,2-12H2,1H3,(H2,19,24). The second-order valence-electron chi connectivity index (χ2n) is 7.33. The van der Waals surface area contributed by atoms with Crippen LogP contribution in [0, 0.1) is 0 Å². The summed E-state index contributed by atoms with van der Waals surface area (Å²) in [6.07, 6.45) is 8.22. The Bertz CT molecular complexity index is 621. The van der Waals surface area contributed by atoms with Gasteiger partial charge in [-0.25, -0.2) is 9.67 Å². The molecular weight excluding hydrogens is 318 g/mol. The zero-order valence-electron chi connectivity index (χ0n) is 15.1. The van der Waals surface area contributed by atoms with Gasteiger partial charge in [0.15, 0.2) is 5.82 Å². The van der Waals surface area contributed by atoms with E-state index in [1.54, 1.807) is 0 Å². The molecule has 2 heterocycles. The maximum absolute atomic E-state index is 12.4. The maximum atomic E-state index is 12.4. The monoisotopic (exact) mass is 347 g/mol. The van der Waals surface area contributed by atoms with Crippen molar-refractivity contribution in [3.05, 3.63) is 11.6 Å². The van der Waals surface area contributed by atoms with Crippen LogP contribution < -0.4 is 5.73 Å². The third kappa shape index (κ3) is 4.19. The lowest BCUT2D eigenvalue weighted by atomic mass is 9.95. The molecule has 7 heteroatoms. The van der Waals surface area contributed by atoms with Gasteiger partial charge in [0, 0.05) is 31.5 Å². The molecule has 0 aromatic carbocycles. The molecule has 25 heavy (non-hydrogen) atoms. The first-order chi connectivity index (χ1) is 12.1. The molecule has 2 fully saturated rings. The summed E-state index contributed by atoms with van der Waals surface area (Å²) in [5, 5.41) is 4.51. The largest absolute Gasteiger partial charge is 0.369 e. The highest BCUT2D eigenvalue weighted by Gasteiger charge is 2.35. The molecule has 7 nitrogen and oxygen atoms in total. The molecule has 1 atom stereocenters. The number of aromatic nitrogens is 3. The Balaban J connectivity index is 1.79. The second-order valence-corrected chi connectivity index (χ2v) is 7.33. The Morgan fingerprint density at radius 3 is 2.72 bits per heavy atom. The van der Waals surface area contributed by atoms with Gasteiger partial charge in [-0.2, -0.15) is 5.10 Å². The number of carbonyl (C=O) groups excluding carboxylic acids is 2. The zero-order valence-corrected chi connectivity index (χ0v) is 15.1. The summed E-state index contributed by atoms with van der Waals surface area (Å²) >= 11 is 0. The predicted molar refractivity (Wildman–Crippen MR) is 93.8 cm³/mol. The van der Waals surface area contributed by atoms with E-state index in [9.17, 15) is 9.59 Å². The molecule has 0 bridgehead atoms. The van der Waals surface area contributed by atoms with Crippen molar-refractivity contribution < 1.29 is 9.59 Å². The van der Waals surface area contributed by atoms with Crippen molar-refractivity contribution >= 4 is 11.8 Å². The van der Waals surface area contributed by atoms with Crippen LogP contribution in [0.2, 0.25) is 0 Å². The summed E-state index contributed by atoms with van der Waals surface area (Å²) in [6.45, 7) is 3.66. The Morgan fingerprint density at radius 1 is 1.28 bits per heavy atom. The molecule has 2 N–H and O–H groups in total. The predicted octanol–water partition coefficient (Wildman–Crippen LogP) is 1.75. The van der Waals surface area contributed by atoms with Gasteiger partial charge in [0.25, 0.3) is 0 Å². The van der Waals surface area contributed by atoms with Crippen molar-refractivity contribution in [2.24, 2.45) is 5.73 Å². The van der Waals surface area contributed by atoms with E-state index in [-0.39, 0.29) is 18.2 Å². The van der Waals surface area contributed by atoms with E-state index in [0.29, 0.717) is 18.3 Å². The summed E-state index contributed by atoms with van der Waals surface area (Å²) in [6, 6.07) is 0.396. The highest BCUT2D eigenvalue weighted by atomic mass is 16.2. The summed E-state index contributed by atoms with van der Waals surface area (Å²) in [7, 11) is 0. The number of carbonyl (C=O) groups is 2. The number of primary amides is 1. The number of unbranched alkanes of at least 4 members (excludes halogenated alkanes) is 1. The molecular formula is C18H29N5O2. The van der Waals surface area contributed by atoms with Crippen molar-refractivity contribution in [1.82, 2.24) is 19.7 Å². The van der Waals surface area contributed by atoms with E-state index in [1.807, 2.05) is 4.68 Å². The number of amides is 2. The average molecular weight is 347 g/mol. The van der Waals surface area contributed by atoms with Crippen LogP contribution in [-0.2, 0) is 22.6 Å². The molecule has 1 unspecified atom stereocenters. The lowest BCUT2D eigenvalue weighted by Gasteiger charge is -2.36. The van der Waals surface area contributed by atoms with Crippen molar-refractivity contribution in [2.75, 3.05) is 6.54 Å². The first-order valence-electron chi connectivity index (χ1n) is 9.60. The molecule has 1 aromatic rings.